The van der Waals surface area contributed by atoms with Gasteiger partial charge in [0.15, 0.2) is 11.5 Å². The highest BCUT2D eigenvalue weighted by atomic mass is 16.5. The summed E-state index contributed by atoms with van der Waals surface area (Å²) < 4.78 is 5.09. The maximum Gasteiger partial charge on any atom is 0.265 e. The summed E-state index contributed by atoms with van der Waals surface area (Å²) in [5, 5.41) is 9.63. The first kappa shape index (κ1) is 13.9. The number of hydrogen-bond acceptors (Lipinski definition) is 5. The molecule has 0 bridgehead atoms. The number of phenols is 1. The van der Waals surface area contributed by atoms with Crippen molar-refractivity contribution in [2.75, 3.05) is 7.11 Å². The monoisotopic (exact) mass is 298 g/mol. The number of carbonyl (C=O) groups excluding carboxylic acids is 1. The van der Waals surface area contributed by atoms with E-state index in [1.165, 1.54) is 13.2 Å². The first-order valence-corrected chi connectivity index (χ1v) is 6.50. The number of fused-ring (bicyclic) bond motifs is 1. The predicted molar refractivity (Wildman–Crippen MR) is 81.4 cm³/mol. The van der Waals surface area contributed by atoms with Gasteiger partial charge in [-0.15, -0.1) is 0 Å². The molecule has 5 N–H and O–H groups in total. The summed E-state index contributed by atoms with van der Waals surface area (Å²) in [5.74, 6) is 5.79. The van der Waals surface area contributed by atoms with E-state index in [4.69, 9.17) is 10.6 Å². The SMILES string of the molecule is COc1cc(-c2nc3ccc(C(=O)NN)cc3[nH]2)ccc1O. The van der Waals surface area contributed by atoms with Gasteiger partial charge >= 0.3 is 0 Å². The fourth-order valence-corrected chi connectivity index (χ4v) is 2.20. The Morgan fingerprint density at radius 2 is 2.14 bits per heavy atom. The molecule has 7 heteroatoms. The quantitative estimate of drug-likeness (QED) is 0.333. The van der Waals surface area contributed by atoms with Crippen LogP contribution in [0, 0.1) is 0 Å². The van der Waals surface area contributed by atoms with Crippen molar-refractivity contribution in [3.63, 3.8) is 0 Å². The molecule has 3 rings (SSSR count). The normalized spacial score (nSPS) is 10.6. The smallest absolute Gasteiger partial charge is 0.265 e. The van der Waals surface area contributed by atoms with E-state index >= 15 is 0 Å². The van der Waals surface area contributed by atoms with E-state index in [1.54, 1.807) is 30.3 Å². The molecule has 0 saturated heterocycles. The van der Waals surface area contributed by atoms with Gasteiger partial charge in [-0.25, -0.2) is 10.8 Å². The van der Waals surface area contributed by atoms with Crippen LogP contribution in [0.2, 0.25) is 0 Å². The number of aromatic nitrogens is 2. The highest BCUT2D eigenvalue weighted by molar-refractivity contribution is 5.97. The molecule has 0 saturated carbocycles. The van der Waals surface area contributed by atoms with E-state index in [1.807, 2.05) is 0 Å². The summed E-state index contributed by atoms with van der Waals surface area (Å²) in [6.07, 6.45) is 0. The van der Waals surface area contributed by atoms with Crippen LogP contribution < -0.4 is 16.0 Å². The Balaban J connectivity index is 2.06. The fourth-order valence-electron chi connectivity index (χ4n) is 2.20. The zero-order valence-corrected chi connectivity index (χ0v) is 11.8. The maximum atomic E-state index is 11.5. The van der Waals surface area contributed by atoms with Crippen LogP contribution in [0.5, 0.6) is 11.5 Å². The Labute approximate surface area is 125 Å². The third kappa shape index (κ3) is 2.33. The zero-order valence-electron chi connectivity index (χ0n) is 11.8. The lowest BCUT2D eigenvalue weighted by Crippen LogP contribution is -2.29. The topological polar surface area (TPSA) is 113 Å². The molecule has 0 aliphatic rings. The van der Waals surface area contributed by atoms with Gasteiger partial charge in [-0.05, 0) is 36.4 Å². The number of hydrazine groups is 1. The number of carbonyl (C=O) groups is 1. The third-order valence-corrected chi connectivity index (χ3v) is 3.33. The number of nitrogen functional groups attached to an aromatic ring is 1. The molecule has 3 aromatic rings. The van der Waals surface area contributed by atoms with Crippen molar-refractivity contribution in [1.82, 2.24) is 15.4 Å². The Morgan fingerprint density at radius 3 is 2.86 bits per heavy atom. The van der Waals surface area contributed by atoms with Crippen LogP contribution in [0.3, 0.4) is 0 Å². The molecule has 0 fully saturated rings. The number of nitrogens with two attached hydrogens (primary N) is 1. The number of nitrogens with one attached hydrogen (secondary N) is 2. The van der Waals surface area contributed by atoms with Crippen LogP contribution >= 0.6 is 0 Å². The number of aromatic amines is 1. The van der Waals surface area contributed by atoms with Crippen molar-refractivity contribution in [3.05, 3.63) is 42.0 Å². The van der Waals surface area contributed by atoms with E-state index < -0.39 is 0 Å². The molecule has 0 aliphatic carbocycles. The lowest BCUT2D eigenvalue weighted by Gasteiger charge is -2.04. The molecule has 0 radical (unpaired) electrons. The Bertz CT molecular complexity index is 857. The van der Waals surface area contributed by atoms with Crippen LogP contribution in [0.15, 0.2) is 36.4 Å². The van der Waals surface area contributed by atoms with E-state index in [-0.39, 0.29) is 11.7 Å². The average Bonchev–Trinajstić information content (AvgIpc) is 2.97. The molecule has 22 heavy (non-hydrogen) atoms. The Morgan fingerprint density at radius 1 is 1.32 bits per heavy atom. The van der Waals surface area contributed by atoms with Crippen molar-refractivity contribution in [2.45, 2.75) is 0 Å². The number of rotatable bonds is 3. The van der Waals surface area contributed by atoms with E-state index in [0.29, 0.717) is 22.7 Å². The summed E-state index contributed by atoms with van der Waals surface area (Å²) in [6, 6.07) is 9.99. The number of hydrogen-bond donors (Lipinski definition) is 4. The Kier molecular flexibility index (Phi) is 3.40. The summed E-state index contributed by atoms with van der Waals surface area (Å²) in [6.45, 7) is 0. The zero-order chi connectivity index (χ0) is 15.7. The van der Waals surface area contributed by atoms with E-state index in [9.17, 15) is 9.90 Å². The first-order chi connectivity index (χ1) is 10.6. The molecular weight excluding hydrogens is 284 g/mol. The molecule has 1 heterocycles. The maximum absolute atomic E-state index is 11.5. The van der Waals surface area contributed by atoms with Gasteiger partial charge in [0.1, 0.15) is 5.82 Å². The minimum atomic E-state index is -0.371. The first-order valence-electron chi connectivity index (χ1n) is 6.50. The van der Waals surface area contributed by atoms with Gasteiger partial charge in [0.25, 0.3) is 5.91 Å². The highest BCUT2D eigenvalue weighted by Gasteiger charge is 2.11. The van der Waals surface area contributed by atoms with Gasteiger partial charge in [-0.2, -0.15) is 0 Å². The third-order valence-electron chi connectivity index (χ3n) is 3.33. The van der Waals surface area contributed by atoms with E-state index in [2.05, 4.69) is 15.4 Å². The van der Waals surface area contributed by atoms with E-state index in [0.717, 1.165) is 11.1 Å². The minimum Gasteiger partial charge on any atom is -0.504 e. The lowest BCUT2D eigenvalue weighted by molar-refractivity contribution is 0.0954. The van der Waals surface area contributed by atoms with Crippen LogP contribution in [0.25, 0.3) is 22.4 Å². The van der Waals surface area contributed by atoms with Crippen molar-refractivity contribution in [2.24, 2.45) is 5.84 Å². The van der Waals surface area contributed by atoms with Crippen molar-refractivity contribution in [1.29, 1.82) is 0 Å². The molecule has 112 valence electrons. The van der Waals surface area contributed by atoms with Crippen molar-refractivity contribution < 1.29 is 14.6 Å². The van der Waals surface area contributed by atoms with Crippen LogP contribution in [0.4, 0.5) is 0 Å². The van der Waals surface area contributed by atoms with Gasteiger partial charge in [0, 0.05) is 11.1 Å². The average molecular weight is 298 g/mol. The summed E-state index contributed by atoms with van der Waals surface area (Å²) in [7, 11) is 1.48. The number of phenolic OH excluding ortho intramolecular Hbond substituents is 1. The molecule has 1 aromatic heterocycles. The highest BCUT2D eigenvalue weighted by Crippen LogP contribution is 2.31. The molecule has 1 amide bonds. The van der Waals surface area contributed by atoms with Gasteiger partial charge < -0.3 is 14.8 Å². The second-order valence-electron chi connectivity index (χ2n) is 4.68. The summed E-state index contributed by atoms with van der Waals surface area (Å²) in [5.41, 5.74) is 4.72. The molecule has 0 unspecified atom stereocenters. The number of aromatic hydroxyl groups is 1. The molecule has 0 spiro atoms. The second kappa shape index (κ2) is 5.38. The van der Waals surface area contributed by atoms with Crippen molar-refractivity contribution >= 4 is 16.9 Å². The van der Waals surface area contributed by atoms with Crippen molar-refractivity contribution in [3.8, 4) is 22.9 Å². The minimum absolute atomic E-state index is 0.0595. The second-order valence-corrected chi connectivity index (χ2v) is 4.68. The van der Waals surface area contributed by atoms with Gasteiger partial charge in [0.2, 0.25) is 0 Å². The lowest BCUT2D eigenvalue weighted by atomic mass is 10.2. The predicted octanol–water partition coefficient (Wildman–Crippen LogP) is 1.55. The summed E-state index contributed by atoms with van der Waals surface area (Å²) >= 11 is 0. The number of H-pyrrole nitrogens is 1. The number of nitrogens with zero attached hydrogens (tertiary/aromatic N) is 1. The van der Waals surface area contributed by atoms with Crippen LogP contribution in [0.1, 0.15) is 10.4 Å². The molecule has 2 aromatic carbocycles. The van der Waals surface area contributed by atoms with Crippen LogP contribution in [-0.4, -0.2) is 28.1 Å². The van der Waals surface area contributed by atoms with Gasteiger partial charge in [-0.3, -0.25) is 10.2 Å². The molecule has 7 nitrogen and oxygen atoms in total. The molecule has 0 atom stereocenters. The van der Waals surface area contributed by atoms with Crippen LogP contribution in [-0.2, 0) is 0 Å². The number of benzene rings is 2. The molecule has 0 aliphatic heterocycles. The largest absolute Gasteiger partial charge is 0.504 e. The number of amides is 1. The fraction of sp³-hybridized carbons (Fsp3) is 0.0667. The Hall–Kier alpha value is -3.06. The molecular formula is C15H14N4O3. The van der Waals surface area contributed by atoms with Gasteiger partial charge in [-0.1, -0.05) is 0 Å². The van der Waals surface area contributed by atoms with Gasteiger partial charge in [0.05, 0.1) is 18.1 Å². The number of ether oxygens (including phenoxy) is 1. The standard InChI is InChI=1S/C15H14N4O3/c1-22-13-7-8(3-5-12(13)20)14-17-10-4-2-9(15(21)19-16)6-11(10)18-14/h2-7,20H,16H2,1H3,(H,17,18)(H,19,21). The number of methoxy groups -OCH3 is 1. The number of imidazole rings is 1. The summed E-state index contributed by atoms with van der Waals surface area (Å²) in [4.78, 5) is 19.1.